The van der Waals surface area contributed by atoms with E-state index in [1.807, 2.05) is 0 Å². The molecular formula is C20H19F3N4O. The summed E-state index contributed by atoms with van der Waals surface area (Å²) < 4.78 is 38.1. The van der Waals surface area contributed by atoms with E-state index in [1.165, 1.54) is 18.2 Å². The Morgan fingerprint density at radius 1 is 1.11 bits per heavy atom. The van der Waals surface area contributed by atoms with Crippen LogP contribution in [0.15, 0.2) is 67.4 Å². The molecule has 0 spiro atoms. The molecule has 0 atom stereocenters. The fourth-order valence-electron chi connectivity index (χ4n) is 2.30. The normalized spacial score (nSPS) is 11.1. The average molecular weight is 388 g/mol. The fraction of sp³-hybridized carbons (Fsp3) is 0.100. The van der Waals surface area contributed by atoms with Gasteiger partial charge in [0.15, 0.2) is 0 Å². The summed E-state index contributed by atoms with van der Waals surface area (Å²) in [5, 5.41) is 16.6. The van der Waals surface area contributed by atoms with E-state index in [9.17, 15) is 18.0 Å². The van der Waals surface area contributed by atoms with Crippen LogP contribution in [0, 0.1) is 5.41 Å². The van der Waals surface area contributed by atoms with E-state index >= 15 is 0 Å². The third-order valence-electron chi connectivity index (χ3n) is 3.67. The standard InChI is InChI=1S/C20H19F3N4O/c1-3-19(28)27-15-8-9-18(16(12-15)17(24)10-11-25-2)26-14-6-4-13(5-7-14)20(21,22)23/h3-12,24-26H,1H2,2H3,(H,27,28)/b11-10-,24-17?. The summed E-state index contributed by atoms with van der Waals surface area (Å²) >= 11 is 0. The number of hydrogen-bond acceptors (Lipinski definition) is 4. The summed E-state index contributed by atoms with van der Waals surface area (Å²) in [5.74, 6) is -0.397. The summed E-state index contributed by atoms with van der Waals surface area (Å²) in [4.78, 5) is 11.5. The van der Waals surface area contributed by atoms with Gasteiger partial charge in [-0.15, -0.1) is 0 Å². The van der Waals surface area contributed by atoms with E-state index < -0.39 is 17.6 Å². The first-order valence-electron chi connectivity index (χ1n) is 8.19. The van der Waals surface area contributed by atoms with Gasteiger partial charge in [-0.3, -0.25) is 4.79 Å². The Morgan fingerprint density at radius 3 is 2.32 bits per heavy atom. The maximum absolute atomic E-state index is 12.7. The Balaban J connectivity index is 2.36. The number of carbonyl (C=O) groups excluding carboxylic acids is 1. The predicted octanol–water partition coefficient (Wildman–Crippen LogP) is 4.67. The molecular weight excluding hydrogens is 369 g/mol. The molecule has 0 bridgehead atoms. The number of carbonyl (C=O) groups is 1. The largest absolute Gasteiger partial charge is 0.416 e. The zero-order valence-electron chi connectivity index (χ0n) is 15.0. The number of alkyl halides is 3. The fourth-order valence-corrected chi connectivity index (χ4v) is 2.30. The molecule has 28 heavy (non-hydrogen) atoms. The van der Waals surface area contributed by atoms with Gasteiger partial charge in [-0.25, -0.2) is 0 Å². The quantitative estimate of drug-likeness (QED) is 0.411. The van der Waals surface area contributed by atoms with Gasteiger partial charge in [0.05, 0.1) is 11.3 Å². The molecule has 0 aliphatic carbocycles. The van der Waals surface area contributed by atoms with E-state index in [-0.39, 0.29) is 5.71 Å². The van der Waals surface area contributed by atoms with Crippen molar-refractivity contribution < 1.29 is 18.0 Å². The average Bonchev–Trinajstić information content (AvgIpc) is 2.66. The van der Waals surface area contributed by atoms with E-state index in [1.54, 1.807) is 31.4 Å². The van der Waals surface area contributed by atoms with Gasteiger partial charge in [0.1, 0.15) is 0 Å². The topological polar surface area (TPSA) is 77.0 Å². The van der Waals surface area contributed by atoms with Crippen LogP contribution in [0.5, 0.6) is 0 Å². The molecule has 2 aromatic rings. The Labute approximate surface area is 160 Å². The van der Waals surface area contributed by atoms with E-state index in [4.69, 9.17) is 5.41 Å². The van der Waals surface area contributed by atoms with Crippen molar-refractivity contribution in [2.24, 2.45) is 0 Å². The maximum Gasteiger partial charge on any atom is 0.416 e. The van der Waals surface area contributed by atoms with Gasteiger partial charge >= 0.3 is 6.18 Å². The summed E-state index contributed by atoms with van der Waals surface area (Å²) in [7, 11) is 1.69. The van der Waals surface area contributed by atoms with Crippen molar-refractivity contribution in [2.75, 3.05) is 17.7 Å². The monoisotopic (exact) mass is 388 g/mol. The molecule has 0 fully saturated rings. The van der Waals surface area contributed by atoms with Crippen molar-refractivity contribution in [1.82, 2.24) is 5.32 Å². The summed E-state index contributed by atoms with van der Waals surface area (Å²) in [6.45, 7) is 3.39. The van der Waals surface area contributed by atoms with Gasteiger partial charge in [-0.2, -0.15) is 13.2 Å². The van der Waals surface area contributed by atoms with Gasteiger partial charge in [0.25, 0.3) is 0 Å². The van der Waals surface area contributed by atoms with Crippen LogP contribution in [-0.2, 0) is 11.0 Å². The molecule has 0 heterocycles. The molecule has 0 saturated heterocycles. The van der Waals surface area contributed by atoms with Gasteiger partial charge < -0.3 is 21.4 Å². The molecule has 1 amide bonds. The molecule has 2 aromatic carbocycles. The number of benzene rings is 2. The molecule has 2 rings (SSSR count). The van der Waals surface area contributed by atoms with Crippen molar-refractivity contribution in [2.45, 2.75) is 6.18 Å². The highest BCUT2D eigenvalue weighted by Crippen LogP contribution is 2.31. The van der Waals surface area contributed by atoms with Crippen molar-refractivity contribution in [1.29, 1.82) is 5.41 Å². The molecule has 5 nitrogen and oxygen atoms in total. The third kappa shape index (κ3) is 5.47. The number of halogens is 3. The van der Waals surface area contributed by atoms with E-state index in [2.05, 4.69) is 22.5 Å². The smallest absolute Gasteiger partial charge is 0.394 e. The van der Waals surface area contributed by atoms with Crippen molar-refractivity contribution in [3.8, 4) is 0 Å². The Hall–Kier alpha value is -3.55. The van der Waals surface area contributed by atoms with Crippen LogP contribution in [0.3, 0.4) is 0 Å². The molecule has 146 valence electrons. The second kappa shape index (κ2) is 8.90. The lowest BCUT2D eigenvalue weighted by molar-refractivity contribution is -0.137. The lowest BCUT2D eigenvalue weighted by Gasteiger charge is -2.15. The van der Waals surface area contributed by atoms with Crippen LogP contribution in [0.25, 0.3) is 0 Å². The van der Waals surface area contributed by atoms with Crippen LogP contribution < -0.4 is 16.0 Å². The summed E-state index contributed by atoms with van der Waals surface area (Å²) in [6, 6.07) is 9.43. The minimum absolute atomic E-state index is 0.137. The van der Waals surface area contributed by atoms with Crippen LogP contribution >= 0.6 is 0 Å². The Morgan fingerprint density at radius 2 is 1.75 bits per heavy atom. The molecule has 0 radical (unpaired) electrons. The second-order valence-electron chi connectivity index (χ2n) is 5.69. The van der Waals surface area contributed by atoms with Gasteiger partial charge in [-0.05, 0) is 60.8 Å². The molecule has 8 heteroatoms. The van der Waals surface area contributed by atoms with Crippen molar-refractivity contribution in [3.63, 3.8) is 0 Å². The molecule has 4 N–H and O–H groups in total. The maximum atomic E-state index is 12.7. The lowest BCUT2D eigenvalue weighted by Crippen LogP contribution is -2.10. The van der Waals surface area contributed by atoms with Crippen LogP contribution in [0.4, 0.5) is 30.2 Å². The number of amides is 1. The predicted molar refractivity (Wildman–Crippen MR) is 105 cm³/mol. The van der Waals surface area contributed by atoms with Crippen molar-refractivity contribution in [3.05, 3.63) is 78.5 Å². The van der Waals surface area contributed by atoms with Crippen molar-refractivity contribution >= 4 is 28.7 Å². The molecule has 0 saturated carbocycles. The zero-order valence-corrected chi connectivity index (χ0v) is 15.0. The number of hydrogen-bond donors (Lipinski definition) is 4. The molecule has 0 aromatic heterocycles. The SMILES string of the molecule is C=CC(=O)Nc1ccc(Nc2ccc(C(F)(F)F)cc2)c(C(=N)/C=C\NC)c1. The Kier molecular flexibility index (Phi) is 6.59. The molecule has 0 unspecified atom stereocenters. The van der Waals surface area contributed by atoms with Crippen LogP contribution in [-0.4, -0.2) is 18.7 Å². The highest BCUT2D eigenvalue weighted by atomic mass is 19.4. The summed E-state index contributed by atoms with van der Waals surface area (Å²) in [6.07, 6.45) is -0.194. The first kappa shape index (κ1) is 20.8. The minimum Gasteiger partial charge on any atom is -0.394 e. The second-order valence-corrected chi connectivity index (χ2v) is 5.69. The highest BCUT2D eigenvalue weighted by Gasteiger charge is 2.29. The number of nitrogens with one attached hydrogen (secondary N) is 4. The van der Waals surface area contributed by atoms with Gasteiger partial charge in [-0.1, -0.05) is 6.58 Å². The first-order valence-corrected chi connectivity index (χ1v) is 8.19. The van der Waals surface area contributed by atoms with E-state index in [0.29, 0.717) is 22.6 Å². The third-order valence-corrected chi connectivity index (χ3v) is 3.67. The molecule has 0 aliphatic heterocycles. The van der Waals surface area contributed by atoms with Gasteiger partial charge in [0, 0.05) is 29.7 Å². The Bertz CT molecular complexity index is 903. The summed E-state index contributed by atoms with van der Waals surface area (Å²) in [5.41, 5.74) is 1.24. The van der Waals surface area contributed by atoms with Crippen LogP contribution in [0.1, 0.15) is 11.1 Å². The van der Waals surface area contributed by atoms with E-state index in [0.717, 1.165) is 18.2 Å². The van der Waals surface area contributed by atoms with Gasteiger partial charge in [0.2, 0.25) is 5.91 Å². The zero-order chi connectivity index (χ0) is 20.7. The number of anilines is 3. The highest BCUT2D eigenvalue weighted by molar-refractivity contribution is 6.11. The van der Waals surface area contributed by atoms with Crippen LogP contribution in [0.2, 0.25) is 0 Å². The first-order chi connectivity index (χ1) is 13.2. The molecule has 0 aliphatic rings. The number of rotatable bonds is 7. The number of allylic oxidation sites excluding steroid dienone is 1. The minimum atomic E-state index is -4.41. The lowest BCUT2D eigenvalue weighted by atomic mass is 10.1.